The molecule has 3 aliphatic rings. The molecule has 6 nitrogen and oxygen atoms in total. The third-order valence-electron chi connectivity index (χ3n) is 4.22. The third kappa shape index (κ3) is 2.16. The summed E-state index contributed by atoms with van der Waals surface area (Å²) in [7, 11) is 0. The summed E-state index contributed by atoms with van der Waals surface area (Å²) >= 11 is 0. The van der Waals surface area contributed by atoms with Gasteiger partial charge in [0.05, 0.1) is 6.04 Å². The smallest absolute Gasteiger partial charge is 0.317 e. The number of fused-ring (bicyclic) bond motifs is 1. The number of carbonyl (C=O) groups is 2. The molecule has 1 aliphatic carbocycles. The highest BCUT2D eigenvalue weighted by molar-refractivity contribution is 5.79. The predicted octanol–water partition coefficient (Wildman–Crippen LogP) is -0.650. The molecule has 3 amide bonds. The number of nitrogens with two attached hydrogens (primary N) is 1. The number of hydrogen-bond acceptors (Lipinski definition) is 3. The molecule has 2 aliphatic heterocycles. The van der Waals surface area contributed by atoms with Crippen LogP contribution in [0.5, 0.6) is 0 Å². The highest BCUT2D eigenvalue weighted by Gasteiger charge is 2.38. The molecule has 0 aromatic heterocycles. The van der Waals surface area contributed by atoms with Crippen LogP contribution in [0, 0.1) is 5.92 Å². The zero-order valence-corrected chi connectivity index (χ0v) is 10.5. The van der Waals surface area contributed by atoms with E-state index in [-0.39, 0.29) is 24.0 Å². The molecule has 2 heterocycles. The van der Waals surface area contributed by atoms with E-state index in [2.05, 4.69) is 5.32 Å². The molecule has 3 rings (SSSR count). The molecule has 0 radical (unpaired) electrons. The lowest BCUT2D eigenvalue weighted by Gasteiger charge is -2.36. The van der Waals surface area contributed by atoms with Crippen LogP contribution < -0.4 is 11.1 Å². The van der Waals surface area contributed by atoms with Gasteiger partial charge in [0.2, 0.25) is 5.91 Å². The standard InChI is InChI=1S/C12H20N4O2/c13-10(8-1-2-8)5-11(17)15-3-4-16-9(7-15)6-14-12(16)18/h8-10H,1-7,13H2,(H,14,18). The lowest BCUT2D eigenvalue weighted by atomic mass is 10.1. The first-order valence-corrected chi connectivity index (χ1v) is 6.73. The van der Waals surface area contributed by atoms with Crippen LogP contribution in [-0.2, 0) is 4.79 Å². The van der Waals surface area contributed by atoms with E-state index in [1.54, 1.807) is 0 Å². The Bertz CT molecular complexity index is 369. The van der Waals surface area contributed by atoms with E-state index in [4.69, 9.17) is 5.73 Å². The third-order valence-corrected chi connectivity index (χ3v) is 4.22. The first-order chi connectivity index (χ1) is 8.65. The summed E-state index contributed by atoms with van der Waals surface area (Å²) in [5.74, 6) is 0.707. The number of urea groups is 1. The van der Waals surface area contributed by atoms with Crippen molar-refractivity contribution in [2.45, 2.75) is 31.3 Å². The van der Waals surface area contributed by atoms with Crippen LogP contribution >= 0.6 is 0 Å². The lowest BCUT2D eigenvalue weighted by molar-refractivity contribution is -0.133. The minimum atomic E-state index is 0.00165. The summed E-state index contributed by atoms with van der Waals surface area (Å²) in [5.41, 5.74) is 5.99. The second-order valence-electron chi connectivity index (χ2n) is 5.58. The predicted molar refractivity (Wildman–Crippen MR) is 65.8 cm³/mol. The first-order valence-electron chi connectivity index (χ1n) is 6.73. The molecular weight excluding hydrogens is 232 g/mol. The molecule has 2 unspecified atom stereocenters. The van der Waals surface area contributed by atoms with Crippen LogP contribution in [0.25, 0.3) is 0 Å². The monoisotopic (exact) mass is 252 g/mol. The maximum absolute atomic E-state index is 12.1. The van der Waals surface area contributed by atoms with Gasteiger partial charge in [-0.2, -0.15) is 0 Å². The molecule has 0 spiro atoms. The zero-order valence-electron chi connectivity index (χ0n) is 10.5. The Morgan fingerprint density at radius 3 is 2.94 bits per heavy atom. The van der Waals surface area contributed by atoms with E-state index in [1.807, 2.05) is 9.80 Å². The summed E-state index contributed by atoms with van der Waals surface area (Å²) in [5, 5.41) is 2.81. The maximum atomic E-state index is 12.1. The molecule has 0 aromatic carbocycles. The maximum Gasteiger partial charge on any atom is 0.317 e. The van der Waals surface area contributed by atoms with E-state index in [0.717, 1.165) is 0 Å². The van der Waals surface area contributed by atoms with Crippen molar-refractivity contribution >= 4 is 11.9 Å². The Kier molecular flexibility index (Phi) is 2.89. The van der Waals surface area contributed by atoms with Gasteiger partial charge in [-0.3, -0.25) is 4.79 Å². The topological polar surface area (TPSA) is 78.7 Å². The van der Waals surface area contributed by atoms with Gasteiger partial charge in [0.1, 0.15) is 0 Å². The fourth-order valence-corrected chi connectivity index (χ4v) is 2.85. The van der Waals surface area contributed by atoms with Crippen LogP contribution in [0.1, 0.15) is 19.3 Å². The lowest BCUT2D eigenvalue weighted by Crippen LogP contribution is -2.54. The number of amides is 3. The molecule has 100 valence electrons. The average molecular weight is 252 g/mol. The van der Waals surface area contributed by atoms with E-state index >= 15 is 0 Å². The Morgan fingerprint density at radius 2 is 2.22 bits per heavy atom. The summed E-state index contributed by atoms with van der Waals surface area (Å²) in [6.45, 7) is 2.58. The molecular formula is C12H20N4O2. The minimum absolute atomic E-state index is 0.00165. The SMILES string of the molecule is NC(CC(=O)N1CCN2C(=O)NCC2C1)C1CC1. The quantitative estimate of drug-likeness (QED) is 0.700. The summed E-state index contributed by atoms with van der Waals surface area (Å²) in [4.78, 5) is 27.3. The van der Waals surface area contributed by atoms with Crippen molar-refractivity contribution in [3.05, 3.63) is 0 Å². The molecule has 1 saturated carbocycles. The average Bonchev–Trinajstić information content (AvgIpc) is 3.15. The number of nitrogens with one attached hydrogen (secondary N) is 1. The molecule has 2 saturated heterocycles. The fourth-order valence-electron chi connectivity index (χ4n) is 2.85. The molecule has 0 bridgehead atoms. The van der Waals surface area contributed by atoms with Crippen LogP contribution in [0.2, 0.25) is 0 Å². The van der Waals surface area contributed by atoms with Gasteiger partial charge in [-0.15, -0.1) is 0 Å². The van der Waals surface area contributed by atoms with E-state index in [0.29, 0.717) is 38.5 Å². The molecule has 6 heteroatoms. The second kappa shape index (κ2) is 4.42. The molecule has 18 heavy (non-hydrogen) atoms. The summed E-state index contributed by atoms with van der Waals surface area (Å²) in [6, 6.07) is 0.174. The van der Waals surface area contributed by atoms with Crippen molar-refractivity contribution in [2.24, 2.45) is 11.7 Å². The summed E-state index contributed by atoms with van der Waals surface area (Å²) < 4.78 is 0. The number of rotatable bonds is 3. The van der Waals surface area contributed by atoms with Gasteiger partial charge in [0.15, 0.2) is 0 Å². The van der Waals surface area contributed by atoms with E-state index in [9.17, 15) is 9.59 Å². The van der Waals surface area contributed by atoms with Crippen LogP contribution in [-0.4, -0.2) is 60.0 Å². The van der Waals surface area contributed by atoms with E-state index in [1.165, 1.54) is 12.8 Å². The van der Waals surface area contributed by atoms with Crippen LogP contribution in [0.3, 0.4) is 0 Å². The number of nitrogens with zero attached hydrogens (tertiary/aromatic N) is 2. The summed E-state index contributed by atoms with van der Waals surface area (Å²) in [6.07, 6.45) is 2.80. The van der Waals surface area contributed by atoms with Crippen molar-refractivity contribution in [2.75, 3.05) is 26.2 Å². The normalized spacial score (nSPS) is 28.9. The Morgan fingerprint density at radius 1 is 1.44 bits per heavy atom. The highest BCUT2D eigenvalue weighted by Crippen LogP contribution is 2.33. The van der Waals surface area contributed by atoms with Gasteiger partial charge < -0.3 is 20.9 Å². The number of piperazine rings is 1. The molecule has 3 fully saturated rings. The molecule has 0 aromatic rings. The Hall–Kier alpha value is -1.30. The highest BCUT2D eigenvalue weighted by atomic mass is 16.2. The van der Waals surface area contributed by atoms with Gasteiger partial charge in [0, 0.05) is 38.6 Å². The van der Waals surface area contributed by atoms with Crippen molar-refractivity contribution in [3.8, 4) is 0 Å². The van der Waals surface area contributed by atoms with Gasteiger partial charge in [0.25, 0.3) is 0 Å². The number of carbonyl (C=O) groups excluding carboxylic acids is 2. The van der Waals surface area contributed by atoms with Gasteiger partial charge >= 0.3 is 6.03 Å². The first kappa shape index (κ1) is 11.8. The fraction of sp³-hybridized carbons (Fsp3) is 0.833. The van der Waals surface area contributed by atoms with Crippen molar-refractivity contribution in [3.63, 3.8) is 0 Å². The number of hydrogen-bond donors (Lipinski definition) is 2. The minimum Gasteiger partial charge on any atom is -0.339 e. The second-order valence-corrected chi connectivity index (χ2v) is 5.58. The van der Waals surface area contributed by atoms with Crippen molar-refractivity contribution in [1.29, 1.82) is 0 Å². The van der Waals surface area contributed by atoms with Gasteiger partial charge in [-0.1, -0.05) is 0 Å². The van der Waals surface area contributed by atoms with Gasteiger partial charge in [-0.25, -0.2) is 4.79 Å². The molecule has 3 N–H and O–H groups in total. The Balaban J connectivity index is 1.54. The largest absolute Gasteiger partial charge is 0.339 e. The Labute approximate surface area is 106 Å². The van der Waals surface area contributed by atoms with Crippen molar-refractivity contribution < 1.29 is 9.59 Å². The van der Waals surface area contributed by atoms with Gasteiger partial charge in [-0.05, 0) is 18.8 Å². The van der Waals surface area contributed by atoms with Crippen LogP contribution in [0.4, 0.5) is 4.79 Å². The van der Waals surface area contributed by atoms with Crippen molar-refractivity contribution in [1.82, 2.24) is 15.1 Å². The molecule has 2 atom stereocenters. The van der Waals surface area contributed by atoms with E-state index < -0.39 is 0 Å². The zero-order chi connectivity index (χ0) is 12.7. The van der Waals surface area contributed by atoms with Crippen LogP contribution in [0.15, 0.2) is 0 Å².